The van der Waals surface area contributed by atoms with Crippen LogP contribution in [0.5, 0.6) is 5.75 Å². The van der Waals surface area contributed by atoms with E-state index < -0.39 is 19.6 Å². The van der Waals surface area contributed by atoms with Gasteiger partial charge in [0.05, 0.1) is 0 Å². The molecule has 0 fully saturated rings. The predicted molar refractivity (Wildman–Crippen MR) is 43.5 cm³/mol. The molecule has 5 heteroatoms. The minimum atomic E-state index is -5.08. The molecule has 4 nitrogen and oxygen atoms in total. The Morgan fingerprint density at radius 3 is 2.33 bits per heavy atom. The molecule has 1 aromatic carbocycles. The second-order valence-corrected chi connectivity index (χ2v) is 6.70. The zero-order valence-electron chi connectivity index (χ0n) is 6.47. The third kappa shape index (κ3) is 2.03. The fourth-order valence-electron chi connectivity index (χ4n) is 0.870. The number of hydrogen-bond acceptors (Lipinski definition) is 2. The summed E-state index contributed by atoms with van der Waals surface area (Å²) in [5, 5.41) is 0. The fraction of sp³-hybridized carbons (Fsp3) is 0.143. The molecule has 0 heterocycles. The summed E-state index contributed by atoms with van der Waals surface area (Å²) in [4.78, 5) is 0. The molecule has 0 aliphatic heterocycles. The number of ether oxygens (including phenoxy) is 1. The molecule has 0 aliphatic carbocycles. The summed E-state index contributed by atoms with van der Waals surface area (Å²) < 4.78 is 33.6. The summed E-state index contributed by atoms with van der Waals surface area (Å²) in [6, 6.07) is 6.16. The van der Waals surface area contributed by atoms with Crippen molar-refractivity contribution in [3.8, 4) is 5.75 Å². The number of rotatable bonds is 2. The summed E-state index contributed by atoms with van der Waals surface area (Å²) in [6.45, 7) is 0. The number of para-hydroxylation sites is 1. The first kappa shape index (κ1) is 9.64. The molecule has 1 rings (SSSR count). The third-order valence-corrected chi connectivity index (χ3v) is 4.24. The molecule has 0 saturated heterocycles. The molecule has 0 spiro atoms. The molecule has 0 aliphatic rings. The van der Waals surface area contributed by atoms with Crippen LogP contribution in [0.4, 0.5) is 0 Å². The second-order valence-electron chi connectivity index (χ2n) is 2.22. The van der Waals surface area contributed by atoms with Gasteiger partial charge < -0.3 is 0 Å². The molecule has 0 bridgehead atoms. The van der Waals surface area contributed by atoms with E-state index in [2.05, 4.69) is 0 Å². The molecular weight excluding hydrogens is 270 g/mol. The van der Waals surface area contributed by atoms with E-state index in [1.165, 1.54) is 19.2 Å². The molecule has 0 saturated carbocycles. The number of benzene rings is 1. The number of methoxy groups -OCH3 is 1. The topological polar surface area (TPSA) is 66.8 Å². The Labute approximate surface area is 74.9 Å². The van der Waals surface area contributed by atoms with E-state index in [1.807, 2.05) is 0 Å². The molecule has 0 amide bonds. The zero-order valence-corrected chi connectivity index (χ0v) is 9.02. The summed E-state index contributed by atoms with van der Waals surface area (Å²) in [6.07, 6.45) is 0. The van der Waals surface area contributed by atoms with Gasteiger partial charge in [-0.05, 0) is 0 Å². The Balaban J connectivity index is 3.23. The maximum absolute atomic E-state index is 10.9. The van der Waals surface area contributed by atoms with Gasteiger partial charge in [-0.15, -0.1) is 0 Å². The first-order valence-corrected chi connectivity index (χ1v) is 7.85. The fourth-order valence-corrected chi connectivity index (χ4v) is 2.96. The predicted octanol–water partition coefficient (Wildman–Crippen LogP) is -0.744. The Morgan fingerprint density at radius 2 is 1.92 bits per heavy atom. The van der Waals surface area contributed by atoms with Crippen LogP contribution in [0.1, 0.15) is 0 Å². The normalized spacial score (nSPS) is 11.2. The quantitative estimate of drug-likeness (QED) is 0.699. The minimum absolute atomic E-state index is 0.0125. The first-order valence-electron chi connectivity index (χ1n) is 3.25. The van der Waals surface area contributed by atoms with E-state index in [0.717, 1.165) is 0 Å². The molecule has 1 aromatic rings. The van der Waals surface area contributed by atoms with Crippen LogP contribution in [0.3, 0.4) is 0 Å². The van der Waals surface area contributed by atoms with Crippen molar-refractivity contribution in [2.75, 3.05) is 7.11 Å². The molecular formula is C7H9O4Sb. The Bertz CT molecular complexity index is 317. The summed E-state index contributed by atoms with van der Waals surface area (Å²) in [7, 11) is 1.38. The average molecular weight is 279 g/mol. The van der Waals surface area contributed by atoms with Crippen molar-refractivity contribution in [2.45, 2.75) is 0 Å². The SMILES string of the molecule is COc1cccc[c]1[Sb](=[O])([OH])[OH]. The van der Waals surface area contributed by atoms with Gasteiger partial charge in [-0.3, -0.25) is 0 Å². The van der Waals surface area contributed by atoms with Crippen LogP contribution in [0, 0.1) is 0 Å². The van der Waals surface area contributed by atoms with Crippen LogP contribution in [-0.4, -0.2) is 33.5 Å². The van der Waals surface area contributed by atoms with Crippen molar-refractivity contribution >= 4 is 23.1 Å². The van der Waals surface area contributed by atoms with Crippen LogP contribution in [0.15, 0.2) is 24.3 Å². The zero-order chi connectivity index (χ0) is 9.19. The van der Waals surface area contributed by atoms with E-state index >= 15 is 0 Å². The van der Waals surface area contributed by atoms with Gasteiger partial charge in [0.25, 0.3) is 0 Å². The molecule has 0 unspecified atom stereocenters. The van der Waals surface area contributed by atoms with Crippen LogP contribution in [0.2, 0.25) is 0 Å². The third-order valence-electron chi connectivity index (χ3n) is 1.40. The molecule has 12 heavy (non-hydrogen) atoms. The molecule has 66 valence electrons. The van der Waals surface area contributed by atoms with E-state index in [1.54, 1.807) is 12.1 Å². The Morgan fingerprint density at radius 1 is 1.33 bits per heavy atom. The molecule has 0 atom stereocenters. The van der Waals surface area contributed by atoms with Gasteiger partial charge in [-0.2, -0.15) is 0 Å². The summed E-state index contributed by atoms with van der Waals surface area (Å²) >= 11 is -5.08. The van der Waals surface area contributed by atoms with Crippen molar-refractivity contribution in [2.24, 2.45) is 0 Å². The molecule has 0 aromatic heterocycles. The van der Waals surface area contributed by atoms with E-state index in [4.69, 9.17) is 11.5 Å². The Hall–Kier alpha value is -0.442. The van der Waals surface area contributed by atoms with Gasteiger partial charge in [0.2, 0.25) is 0 Å². The first-order chi connectivity index (χ1) is 5.55. The van der Waals surface area contributed by atoms with Crippen molar-refractivity contribution in [3.05, 3.63) is 24.3 Å². The van der Waals surface area contributed by atoms with Gasteiger partial charge in [0, 0.05) is 0 Å². The van der Waals surface area contributed by atoms with Gasteiger partial charge in [-0.25, -0.2) is 0 Å². The van der Waals surface area contributed by atoms with Crippen LogP contribution < -0.4 is 8.25 Å². The molecule has 0 radical (unpaired) electrons. The van der Waals surface area contributed by atoms with Gasteiger partial charge in [0.15, 0.2) is 0 Å². The second kappa shape index (κ2) is 3.52. The van der Waals surface area contributed by atoms with E-state index in [0.29, 0.717) is 0 Å². The number of hydrogen-bond donors (Lipinski definition) is 2. The standard InChI is InChI=1S/C7H7O.2H2O.O.Sb/c1-8-7-5-3-2-4-6-7;;;;/h2-5H,1H3;2*1H2;;/q;;;;+2/p-2. The van der Waals surface area contributed by atoms with Gasteiger partial charge in [0.1, 0.15) is 0 Å². The average Bonchev–Trinajstić information content (AvgIpc) is 2.03. The van der Waals surface area contributed by atoms with Crippen molar-refractivity contribution in [1.29, 1.82) is 0 Å². The Kier molecular flexibility index (Phi) is 2.83. The monoisotopic (exact) mass is 278 g/mol. The van der Waals surface area contributed by atoms with Crippen LogP contribution >= 0.6 is 0 Å². The van der Waals surface area contributed by atoms with Crippen LogP contribution in [-0.2, 0) is 3.02 Å². The van der Waals surface area contributed by atoms with Crippen molar-refractivity contribution in [3.63, 3.8) is 0 Å². The van der Waals surface area contributed by atoms with E-state index in [-0.39, 0.29) is 9.26 Å². The summed E-state index contributed by atoms with van der Waals surface area (Å²) in [5.74, 6) is 0.253. The van der Waals surface area contributed by atoms with Crippen LogP contribution in [0.25, 0.3) is 0 Å². The van der Waals surface area contributed by atoms with Gasteiger partial charge >= 0.3 is 74.8 Å². The van der Waals surface area contributed by atoms with Crippen molar-refractivity contribution < 1.29 is 14.5 Å². The van der Waals surface area contributed by atoms with Gasteiger partial charge in [-0.1, -0.05) is 0 Å². The van der Waals surface area contributed by atoms with E-state index in [9.17, 15) is 3.02 Å². The maximum atomic E-state index is 10.9. The molecule has 2 N–H and O–H groups in total. The van der Waals surface area contributed by atoms with Crippen molar-refractivity contribution in [1.82, 2.24) is 0 Å². The summed E-state index contributed by atoms with van der Waals surface area (Å²) in [5.41, 5.74) is 0.